The van der Waals surface area contributed by atoms with Gasteiger partial charge in [0.15, 0.2) is 12.4 Å². The molecule has 0 aromatic heterocycles. The summed E-state index contributed by atoms with van der Waals surface area (Å²) in [6, 6.07) is -1.06. The number of nitrogens with one attached hydrogen (secondary N) is 1. The summed E-state index contributed by atoms with van der Waals surface area (Å²) in [7, 11) is 0. The highest BCUT2D eigenvalue weighted by Gasteiger charge is 2.47. The number of hydrogen-bond acceptors (Lipinski definition) is 10. The predicted molar refractivity (Wildman–Crippen MR) is 314 cm³/mol. The van der Waals surface area contributed by atoms with Gasteiger partial charge in [-0.15, -0.1) is 0 Å². The predicted octanol–water partition coefficient (Wildman–Crippen LogP) is 13.7. The molecule has 1 fully saturated rings. The molecule has 0 spiro atoms. The third kappa shape index (κ3) is 39.2. The van der Waals surface area contributed by atoms with E-state index in [0.717, 1.165) is 103 Å². The molecule has 11 nitrogen and oxygen atoms in total. The van der Waals surface area contributed by atoms with Gasteiger partial charge in [0.25, 0.3) is 0 Å². The molecule has 6 N–H and O–H groups in total. The lowest BCUT2D eigenvalue weighted by Crippen LogP contribution is -2.61. The van der Waals surface area contributed by atoms with Crippen molar-refractivity contribution in [2.75, 3.05) is 13.2 Å². The Hall–Kier alpha value is -4.20. The van der Waals surface area contributed by atoms with Crippen LogP contribution in [0.3, 0.4) is 0 Å². The van der Waals surface area contributed by atoms with Crippen LogP contribution in [0.4, 0.5) is 0 Å². The topological polar surface area (TPSA) is 175 Å². The van der Waals surface area contributed by atoms with E-state index in [9.17, 15) is 35.1 Å². The monoisotopic (exact) mass is 1060 g/mol. The molecule has 8 atom stereocenters. The van der Waals surface area contributed by atoms with Gasteiger partial charge in [-0.3, -0.25) is 9.59 Å². The van der Waals surface area contributed by atoms with Gasteiger partial charge in [-0.1, -0.05) is 231 Å². The first kappa shape index (κ1) is 69.8. The first-order valence-electron chi connectivity index (χ1n) is 29.5. The second-order valence-electron chi connectivity index (χ2n) is 19.7. The summed E-state index contributed by atoms with van der Waals surface area (Å²) in [5.41, 5.74) is 0. The maximum absolute atomic E-state index is 13.4. The largest absolute Gasteiger partial charge is 0.454 e. The van der Waals surface area contributed by atoms with Crippen molar-refractivity contribution >= 4 is 11.9 Å². The minimum atomic E-state index is -1.64. The van der Waals surface area contributed by atoms with Gasteiger partial charge in [0.05, 0.1) is 25.4 Å². The van der Waals surface area contributed by atoms with E-state index in [1.165, 1.54) is 44.9 Å². The third-order valence-corrected chi connectivity index (χ3v) is 12.9. The summed E-state index contributed by atoms with van der Waals surface area (Å²) < 4.78 is 17.5. The molecule has 0 aliphatic carbocycles. The molecular formula is C65H105NO10. The number of ether oxygens (including phenoxy) is 3. The first-order valence-corrected chi connectivity index (χ1v) is 29.5. The van der Waals surface area contributed by atoms with E-state index in [0.29, 0.717) is 19.3 Å². The molecule has 0 radical (unpaired) electrons. The summed E-state index contributed by atoms with van der Waals surface area (Å²) in [6.45, 7) is 5.46. The number of rotatable bonds is 47. The van der Waals surface area contributed by atoms with Gasteiger partial charge in [-0.2, -0.15) is 0 Å². The molecule has 1 aliphatic heterocycles. The highest BCUT2D eigenvalue weighted by Crippen LogP contribution is 2.26. The van der Waals surface area contributed by atoms with Crippen LogP contribution in [0.1, 0.15) is 201 Å². The Labute approximate surface area is 461 Å². The van der Waals surface area contributed by atoms with E-state index in [4.69, 9.17) is 14.2 Å². The van der Waals surface area contributed by atoms with Crippen LogP contribution in [-0.4, -0.2) is 99.6 Å². The first-order chi connectivity index (χ1) is 37.2. The van der Waals surface area contributed by atoms with Crippen molar-refractivity contribution in [2.45, 2.75) is 250 Å². The molecule has 76 heavy (non-hydrogen) atoms. The summed E-state index contributed by atoms with van der Waals surface area (Å²) >= 11 is 0. The number of carbonyl (C=O) groups is 2. The van der Waals surface area contributed by atoms with Gasteiger partial charge < -0.3 is 45.1 Å². The van der Waals surface area contributed by atoms with Crippen LogP contribution < -0.4 is 5.32 Å². The number of hydrogen-bond donors (Lipinski definition) is 6. The third-order valence-electron chi connectivity index (χ3n) is 12.9. The second-order valence-corrected chi connectivity index (χ2v) is 19.7. The number of aliphatic hydroxyl groups is 5. The maximum Gasteiger partial charge on any atom is 0.306 e. The lowest BCUT2D eigenvalue weighted by molar-refractivity contribution is -0.305. The number of carbonyl (C=O) groups excluding carboxylic acids is 2. The molecule has 430 valence electrons. The van der Waals surface area contributed by atoms with Crippen LogP contribution >= 0.6 is 0 Å². The Balaban J connectivity index is 2.77. The maximum atomic E-state index is 13.4. The standard InChI is InChI=1S/C65H105NO10/c1-4-7-10-13-16-19-22-25-27-28-29-30-31-33-34-37-40-43-46-49-52-58(69)64(73)66-56(57(68)51-48-45-42-39-36-24-21-18-15-12-9-6-3)55-74-65-63(62(72)61(71)59(54-67)75-65)76-60(70)53-50-47-44-41-38-35-32-26-23-20-17-14-11-8-5-2/h7-8,10-11,14,16-17,19-20,23,25-27,29-30,32-34,40,43,48,51,56-59,61-63,65,67-69,71-72H,4-6,9,12-13,15,18,21-22,24,28,31,35-39,41-42,44-47,49-50,52-55H2,1-3H3,(H,66,73)/b10-7-,11-8+,17-14+,19-16-,23-20+,27-25-,30-29-,32-26-,34-33-,43-40-,51-48+. The van der Waals surface area contributed by atoms with E-state index >= 15 is 0 Å². The Kier molecular flexibility index (Phi) is 47.4. The molecule has 0 aromatic carbocycles. The summed E-state index contributed by atoms with van der Waals surface area (Å²) in [6.07, 6.45) is 62.0. The van der Waals surface area contributed by atoms with E-state index in [-0.39, 0.29) is 19.4 Å². The second kappa shape index (κ2) is 51.6. The van der Waals surface area contributed by atoms with E-state index in [1.807, 2.05) is 48.6 Å². The lowest BCUT2D eigenvalue weighted by Gasteiger charge is -2.41. The average Bonchev–Trinajstić information content (AvgIpc) is 3.42. The highest BCUT2D eigenvalue weighted by molar-refractivity contribution is 5.80. The Morgan fingerprint density at radius 1 is 0.539 bits per heavy atom. The minimum Gasteiger partial charge on any atom is -0.454 e. The molecule has 0 aromatic rings. The van der Waals surface area contributed by atoms with Gasteiger partial charge in [0.1, 0.15) is 24.4 Å². The van der Waals surface area contributed by atoms with Crippen molar-refractivity contribution in [1.29, 1.82) is 0 Å². The fraction of sp³-hybridized carbons (Fsp3) is 0.631. The van der Waals surface area contributed by atoms with Crippen LogP contribution in [0.5, 0.6) is 0 Å². The molecule has 8 unspecified atom stereocenters. The molecule has 0 saturated carbocycles. The van der Waals surface area contributed by atoms with E-state index in [2.05, 4.69) is 105 Å². The zero-order chi connectivity index (χ0) is 55.4. The Bertz CT molecular complexity index is 1740. The fourth-order valence-electron chi connectivity index (χ4n) is 8.26. The number of aliphatic hydroxyl groups excluding tert-OH is 5. The summed E-state index contributed by atoms with van der Waals surface area (Å²) in [5.74, 6) is -1.28. The van der Waals surface area contributed by atoms with Crippen LogP contribution in [0, 0.1) is 0 Å². The van der Waals surface area contributed by atoms with Crippen molar-refractivity contribution in [1.82, 2.24) is 5.32 Å². The summed E-state index contributed by atoms with van der Waals surface area (Å²) in [5, 5.41) is 56.8. The van der Waals surface area contributed by atoms with Crippen molar-refractivity contribution in [3.8, 4) is 0 Å². The number of esters is 1. The lowest BCUT2D eigenvalue weighted by atomic mass is 9.99. The van der Waals surface area contributed by atoms with Crippen LogP contribution in [-0.2, 0) is 23.8 Å². The van der Waals surface area contributed by atoms with Crippen LogP contribution in [0.2, 0.25) is 0 Å². The van der Waals surface area contributed by atoms with Crippen LogP contribution in [0.15, 0.2) is 134 Å². The van der Waals surface area contributed by atoms with Crippen molar-refractivity contribution < 1.29 is 49.3 Å². The SMILES string of the molecule is CC/C=C\C/C=C\C/C=C\C/C=C\C/C=C\C/C=C\CCCC(O)C(=O)NC(COC1OC(CO)C(O)C(O)C1OC(=O)CCCCCCC\C=C/C=C/C=C/C=C/CC)C(O)/C=C/CCCCCCCCCCCC. The number of unbranched alkanes of at least 4 members (excludes halogenated alkanes) is 16. The van der Waals surface area contributed by atoms with E-state index < -0.39 is 67.4 Å². The zero-order valence-electron chi connectivity index (χ0n) is 47.3. The van der Waals surface area contributed by atoms with Crippen molar-refractivity contribution in [3.05, 3.63) is 134 Å². The number of allylic oxidation sites excluding steroid dienone is 21. The Morgan fingerprint density at radius 2 is 1.01 bits per heavy atom. The van der Waals surface area contributed by atoms with Gasteiger partial charge in [0, 0.05) is 6.42 Å². The minimum absolute atomic E-state index is 0.0837. The molecule has 11 heteroatoms. The average molecular weight is 1060 g/mol. The fourth-order valence-corrected chi connectivity index (χ4v) is 8.26. The molecule has 1 aliphatic rings. The smallest absolute Gasteiger partial charge is 0.306 e. The van der Waals surface area contributed by atoms with Crippen LogP contribution in [0.25, 0.3) is 0 Å². The molecule has 1 amide bonds. The normalized spacial score (nSPS) is 20.1. The van der Waals surface area contributed by atoms with Gasteiger partial charge >= 0.3 is 5.97 Å². The van der Waals surface area contributed by atoms with E-state index in [1.54, 1.807) is 6.08 Å². The van der Waals surface area contributed by atoms with Gasteiger partial charge in [-0.25, -0.2) is 0 Å². The quantitative estimate of drug-likeness (QED) is 0.0149. The Morgan fingerprint density at radius 3 is 1.57 bits per heavy atom. The molecule has 1 heterocycles. The summed E-state index contributed by atoms with van der Waals surface area (Å²) in [4.78, 5) is 26.5. The highest BCUT2D eigenvalue weighted by atomic mass is 16.7. The zero-order valence-corrected chi connectivity index (χ0v) is 47.3. The number of amides is 1. The van der Waals surface area contributed by atoms with Crippen molar-refractivity contribution in [3.63, 3.8) is 0 Å². The van der Waals surface area contributed by atoms with Gasteiger partial charge in [0.2, 0.25) is 5.91 Å². The molecule has 1 saturated heterocycles. The van der Waals surface area contributed by atoms with Crippen molar-refractivity contribution in [2.24, 2.45) is 0 Å². The van der Waals surface area contributed by atoms with Gasteiger partial charge in [-0.05, 0) is 96.3 Å². The molecule has 0 bridgehead atoms. The molecule has 1 rings (SSSR count). The molecular weight excluding hydrogens is 955 g/mol.